The zero-order valence-corrected chi connectivity index (χ0v) is 12.5. The average Bonchev–Trinajstić information content (AvgIpc) is 2.40. The van der Waals surface area contributed by atoms with Gasteiger partial charge in [0.2, 0.25) is 0 Å². The van der Waals surface area contributed by atoms with Crippen LogP contribution in [-0.4, -0.2) is 30.1 Å². The Labute approximate surface area is 121 Å². The lowest BCUT2D eigenvalue weighted by Crippen LogP contribution is -2.54. The number of hydrogen-bond acceptors (Lipinski definition) is 2. The predicted octanol–water partition coefficient (Wildman–Crippen LogP) is 3.24. The molecule has 0 saturated carbocycles. The monoisotopic (exact) mass is 276 g/mol. The molecule has 1 aromatic carbocycles. The van der Waals surface area contributed by atoms with E-state index in [2.05, 4.69) is 24.2 Å². The first-order valence-electron chi connectivity index (χ1n) is 7.84. The van der Waals surface area contributed by atoms with E-state index in [1.54, 1.807) is 12.1 Å². The van der Waals surface area contributed by atoms with Crippen molar-refractivity contribution in [2.24, 2.45) is 0 Å². The number of aryl methyl sites for hydroxylation is 1. The number of fused-ring (bicyclic) bond motifs is 2. The van der Waals surface area contributed by atoms with Crippen LogP contribution in [0.3, 0.4) is 0 Å². The first-order chi connectivity index (χ1) is 9.63. The Balaban J connectivity index is 1.60. The van der Waals surface area contributed by atoms with Crippen LogP contribution in [0.15, 0.2) is 18.2 Å². The molecule has 20 heavy (non-hydrogen) atoms. The second-order valence-electron chi connectivity index (χ2n) is 6.52. The highest BCUT2D eigenvalue weighted by Crippen LogP contribution is 2.32. The normalized spacial score (nSPS) is 30.4. The van der Waals surface area contributed by atoms with E-state index in [0.717, 1.165) is 24.2 Å². The molecule has 0 aliphatic carbocycles. The maximum atomic E-state index is 13.3. The maximum absolute atomic E-state index is 13.3. The fourth-order valence-electron chi connectivity index (χ4n) is 3.87. The Morgan fingerprint density at radius 3 is 2.65 bits per heavy atom. The van der Waals surface area contributed by atoms with Gasteiger partial charge in [0.1, 0.15) is 5.82 Å². The summed E-state index contributed by atoms with van der Waals surface area (Å²) in [4.78, 5) is 2.58. The molecule has 2 aliphatic heterocycles. The third-order valence-electron chi connectivity index (χ3n) is 5.23. The highest BCUT2D eigenvalue weighted by atomic mass is 19.1. The third-order valence-corrected chi connectivity index (χ3v) is 5.23. The Morgan fingerprint density at radius 1 is 1.25 bits per heavy atom. The van der Waals surface area contributed by atoms with Gasteiger partial charge in [0, 0.05) is 24.7 Å². The van der Waals surface area contributed by atoms with Gasteiger partial charge in [0.15, 0.2) is 0 Å². The number of piperidine rings is 2. The number of nitrogens with one attached hydrogen (secondary N) is 1. The van der Waals surface area contributed by atoms with Crippen LogP contribution in [0.1, 0.15) is 43.2 Å². The van der Waals surface area contributed by atoms with E-state index < -0.39 is 0 Å². The summed E-state index contributed by atoms with van der Waals surface area (Å²) in [5, 5.41) is 3.66. The maximum Gasteiger partial charge on any atom is 0.123 e. The van der Waals surface area contributed by atoms with E-state index in [1.807, 2.05) is 6.07 Å². The standard InChI is InChI=1S/C17H25FN2/c1-12-6-7-14(18)8-13(12)11-19-15-9-16-4-3-5-17(10-15)20(16)2/h6-8,15-17,19H,3-5,9-11H2,1-2H3. The number of benzene rings is 1. The number of hydrogen-bond donors (Lipinski definition) is 1. The topological polar surface area (TPSA) is 15.3 Å². The molecule has 0 aromatic heterocycles. The molecule has 0 amide bonds. The summed E-state index contributed by atoms with van der Waals surface area (Å²) in [6.45, 7) is 2.84. The van der Waals surface area contributed by atoms with Crippen molar-refractivity contribution in [1.29, 1.82) is 0 Å². The fraction of sp³-hybridized carbons (Fsp3) is 0.647. The van der Waals surface area contributed by atoms with Crippen molar-refractivity contribution in [1.82, 2.24) is 10.2 Å². The number of halogens is 1. The van der Waals surface area contributed by atoms with E-state index in [4.69, 9.17) is 0 Å². The summed E-state index contributed by atoms with van der Waals surface area (Å²) in [7, 11) is 2.28. The van der Waals surface area contributed by atoms with Gasteiger partial charge in [0.25, 0.3) is 0 Å². The molecule has 2 atom stereocenters. The van der Waals surface area contributed by atoms with Crippen molar-refractivity contribution in [3.05, 3.63) is 35.1 Å². The van der Waals surface area contributed by atoms with Gasteiger partial charge in [-0.05, 0) is 62.9 Å². The number of rotatable bonds is 3. The highest BCUT2D eigenvalue weighted by Gasteiger charge is 2.35. The zero-order chi connectivity index (χ0) is 14.1. The van der Waals surface area contributed by atoms with E-state index in [9.17, 15) is 4.39 Å². The van der Waals surface area contributed by atoms with Gasteiger partial charge in [-0.3, -0.25) is 0 Å². The first kappa shape index (κ1) is 14.0. The van der Waals surface area contributed by atoms with Gasteiger partial charge in [-0.15, -0.1) is 0 Å². The SMILES string of the molecule is Cc1ccc(F)cc1CNC1CC2CCCC(C1)N2C. The molecule has 2 bridgehead atoms. The molecule has 2 saturated heterocycles. The van der Waals surface area contributed by atoms with Crippen LogP contribution < -0.4 is 5.32 Å². The van der Waals surface area contributed by atoms with Gasteiger partial charge in [-0.25, -0.2) is 4.39 Å². The molecular formula is C17H25FN2. The van der Waals surface area contributed by atoms with Crippen molar-refractivity contribution < 1.29 is 4.39 Å². The summed E-state index contributed by atoms with van der Waals surface area (Å²) < 4.78 is 13.3. The molecule has 110 valence electrons. The zero-order valence-electron chi connectivity index (χ0n) is 12.5. The van der Waals surface area contributed by atoms with Crippen molar-refractivity contribution in [3.63, 3.8) is 0 Å². The fourth-order valence-corrected chi connectivity index (χ4v) is 3.87. The minimum atomic E-state index is -0.132. The molecule has 0 radical (unpaired) electrons. The van der Waals surface area contributed by atoms with Crippen molar-refractivity contribution >= 4 is 0 Å². The minimum Gasteiger partial charge on any atom is -0.310 e. The van der Waals surface area contributed by atoms with Crippen LogP contribution in [0.2, 0.25) is 0 Å². The Kier molecular flexibility index (Phi) is 4.08. The van der Waals surface area contributed by atoms with Crippen molar-refractivity contribution in [2.75, 3.05) is 7.05 Å². The molecule has 0 spiro atoms. The van der Waals surface area contributed by atoms with Crippen molar-refractivity contribution in [2.45, 2.75) is 63.7 Å². The lowest BCUT2D eigenvalue weighted by Gasteiger charge is -2.47. The molecule has 3 rings (SSSR count). The van der Waals surface area contributed by atoms with Crippen LogP contribution in [0, 0.1) is 12.7 Å². The summed E-state index contributed by atoms with van der Waals surface area (Å²) in [6.07, 6.45) is 6.53. The van der Waals surface area contributed by atoms with Gasteiger partial charge < -0.3 is 10.2 Å². The number of nitrogens with zero attached hydrogens (tertiary/aromatic N) is 1. The first-order valence-corrected chi connectivity index (χ1v) is 7.84. The molecule has 2 fully saturated rings. The lowest BCUT2D eigenvalue weighted by atomic mass is 9.82. The summed E-state index contributed by atoms with van der Waals surface area (Å²) in [5.74, 6) is -0.132. The smallest absolute Gasteiger partial charge is 0.123 e. The van der Waals surface area contributed by atoms with Crippen LogP contribution in [0.5, 0.6) is 0 Å². The van der Waals surface area contributed by atoms with Gasteiger partial charge >= 0.3 is 0 Å². The molecular weight excluding hydrogens is 251 g/mol. The second-order valence-corrected chi connectivity index (χ2v) is 6.52. The third kappa shape index (κ3) is 2.89. The highest BCUT2D eigenvalue weighted by molar-refractivity contribution is 5.26. The lowest BCUT2D eigenvalue weighted by molar-refractivity contribution is 0.0482. The van der Waals surface area contributed by atoms with Crippen LogP contribution in [-0.2, 0) is 6.54 Å². The molecule has 3 heteroatoms. The predicted molar refractivity (Wildman–Crippen MR) is 80.2 cm³/mol. The molecule has 1 aromatic rings. The molecule has 1 N–H and O–H groups in total. The molecule has 2 aliphatic rings. The average molecular weight is 276 g/mol. The van der Waals surface area contributed by atoms with Crippen molar-refractivity contribution in [3.8, 4) is 0 Å². The van der Waals surface area contributed by atoms with Crippen LogP contribution >= 0.6 is 0 Å². The largest absolute Gasteiger partial charge is 0.310 e. The van der Waals surface area contributed by atoms with Gasteiger partial charge in [-0.1, -0.05) is 12.5 Å². The van der Waals surface area contributed by atoms with E-state index in [-0.39, 0.29) is 5.82 Å². The molecule has 2 heterocycles. The van der Waals surface area contributed by atoms with Gasteiger partial charge in [0.05, 0.1) is 0 Å². The summed E-state index contributed by atoms with van der Waals surface area (Å²) >= 11 is 0. The Morgan fingerprint density at radius 2 is 1.95 bits per heavy atom. The second kappa shape index (κ2) is 5.82. The quantitative estimate of drug-likeness (QED) is 0.912. The van der Waals surface area contributed by atoms with Gasteiger partial charge in [-0.2, -0.15) is 0 Å². The Bertz CT molecular complexity index is 460. The molecule has 2 unspecified atom stereocenters. The van der Waals surface area contributed by atoms with E-state index in [1.165, 1.54) is 37.7 Å². The van der Waals surface area contributed by atoms with Crippen LogP contribution in [0.4, 0.5) is 4.39 Å². The van der Waals surface area contributed by atoms with E-state index >= 15 is 0 Å². The van der Waals surface area contributed by atoms with Crippen LogP contribution in [0.25, 0.3) is 0 Å². The molecule has 2 nitrogen and oxygen atoms in total. The minimum absolute atomic E-state index is 0.132. The van der Waals surface area contributed by atoms with E-state index in [0.29, 0.717) is 6.04 Å². The summed E-state index contributed by atoms with van der Waals surface area (Å²) in [5.41, 5.74) is 2.26. The Hall–Kier alpha value is -0.930. The summed E-state index contributed by atoms with van der Waals surface area (Å²) in [6, 6.07) is 7.15.